The molecule has 25 heavy (non-hydrogen) atoms. The highest BCUT2D eigenvalue weighted by atomic mass is 35.5. The number of halogens is 2. The Morgan fingerprint density at radius 2 is 1.40 bits per heavy atom. The summed E-state index contributed by atoms with van der Waals surface area (Å²) >= 11 is 11.8. The standard InChI is InChI=1S/C20H11Cl2NO2/c21-15-6-1-12(2-7-15)19(24)14-5-10-18-17(11-14)23-20(25-18)13-3-8-16(22)9-4-13/h1-11H. The van der Waals surface area contributed by atoms with Crippen LogP contribution in [0.25, 0.3) is 22.6 Å². The van der Waals surface area contributed by atoms with Crippen molar-refractivity contribution in [2.75, 3.05) is 0 Å². The van der Waals surface area contributed by atoms with Gasteiger partial charge in [-0.05, 0) is 66.7 Å². The van der Waals surface area contributed by atoms with Crippen molar-refractivity contribution in [1.29, 1.82) is 0 Å². The molecule has 3 aromatic carbocycles. The van der Waals surface area contributed by atoms with Crippen LogP contribution in [0, 0.1) is 0 Å². The van der Waals surface area contributed by atoms with Crippen molar-refractivity contribution >= 4 is 40.1 Å². The van der Waals surface area contributed by atoms with E-state index in [1.54, 1.807) is 54.6 Å². The minimum atomic E-state index is -0.0883. The summed E-state index contributed by atoms with van der Waals surface area (Å²) in [5.74, 6) is 0.400. The quantitative estimate of drug-likeness (QED) is 0.415. The summed E-state index contributed by atoms with van der Waals surface area (Å²) in [6, 6.07) is 19.3. The number of nitrogens with zero attached hydrogens (tertiary/aromatic N) is 1. The topological polar surface area (TPSA) is 43.1 Å². The van der Waals surface area contributed by atoms with Gasteiger partial charge in [-0.2, -0.15) is 0 Å². The molecule has 0 aliphatic carbocycles. The lowest BCUT2D eigenvalue weighted by Crippen LogP contribution is -2.00. The van der Waals surface area contributed by atoms with Gasteiger partial charge in [0.1, 0.15) is 5.52 Å². The Balaban J connectivity index is 1.71. The Morgan fingerprint density at radius 1 is 0.800 bits per heavy atom. The highest BCUT2D eigenvalue weighted by Crippen LogP contribution is 2.26. The van der Waals surface area contributed by atoms with Gasteiger partial charge >= 0.3 is 0 Å². The highest BCUT2D eigenvalue weighted by molar-refractivity contribution is 6.31. The zero-order valence-electron chi connectivity index (χ0n) is 12.9. The molecule has 0 radical (unpaired) electrons. The molecule has 0 amide bonds. The first-order valence-electron chi connectivity index (χ1n) is 7.57. The number of oxazole rings is 1. The lowest BCUT2D eigenvalue weighted by Gasteiger charge is -2.01. The van der Waals surface area contributed by atoms with E-state index >= 15 is 0 Å². The van der Waals surface area contributed by atoms with E-state index in [1.165, 1.54) is 0 Å². The van der Waals surface area contributed by atoms with E-state index < -0.39 is 0 Å². The second kappa shape index (κ2) is 6.36. The van der Waals surface area contributed by atoms with E-state index in [4.69, 9.17) is 27.6 Å². The summed E-state index contributed by atoms with van der Waals surface area (Å²) in [5, 5.41) is 1.24. The molecule has 0 aliphatic rings. The lowest BCUT2D eigenvalue weighted by atomic mass is 10.0. The summed E-state index contributed by atoms with van der Waals surface area (Å²) in [6.07, 6.45) is 0. The van der Waals surface area contributed by atoms with Crippen molar-refractivity contribution in [1.82, 2.24) is 4.98 Å². The third kappa shape index (κ3) is 3.16. The molecule has 122 valence electrons. The fourth-order valence-corrected chi connectivity index (χ4v) is 2.80. The van der Waals surface area contributed by atoms with Crippen LogP contribution >= 0.6 is 23.2 Å². The van der Waals surface area contributed by atoms with Crippen LogP contribution in [0.1, 0.15) is 15.9 Å². The van der Waals surface area contributed by atoms with Crippen molar-refractivity contribution < 1.29 is 9.21 Å². The van der Waals surface area contributed by atoms with Crippen molar-refractivity contribution in [2.24, 2.45) is 0 Å². The van der Waals surface area contributed by atoms with Gasteiger partial charge < -0.3 is 4.42 Å². The minimum Gasteiger partial charge on any atom is -0.436 e. The predicted octanol–water partition coefficient (Wildman–Crippen LogP) is 6.03. The van der Waals surface area contributed by atoms with Gasteiger partial charge in [0.2, 0.25) is 5.89 Å². The molecule has 1 heterocycles. The van der Waals surface area contributed by atoms with Gasteiger partial charge in [-0.25, -0.2) is 4.98 Å². The van der Waals surface area contributed by atoms with Crippen molar-refractivity contribution in [3.63, 3.8) is 0 Å². The molecule has 0 N–H and O–H groups in total. The van der Waals surface area contributed by atoms with E-state index in [0.29, 0.717) is 38.2 Å². The second-order valence-corrected chi connectivity index (χ2v) is 6.42. The molecule has 0 aliphatic heterocycles. The van der Waals surface area contributed by atoms with Crippen LogP contribution in [0.5, 0.6) is 0 Å². The fraction of sp³-hybridized carbons (Fsp3) is 0. The number of aromatic nitrogens is 1. The average molecular weight is 368 g/mol. The van der Waals surface area contributed by atoms with Gasteiger partial charge in [0, 0.05) is 26.7 Å². The average Bonchev–Trinajstić information content (AvgIpc) is 3.05. The van der Waals surface area contributed by atoms with E-state index in [1.807, 2.05) is 12.1 Å². The minimum absolute atomic E-state index is 0.0883. The smallest absolute Gasteiger partial charge is 0.227 e. The van der Waals surface area contributed by atoms with Crippen LogP contribution in [0.3, 0.4) is 0 Å². The number of carbonyl (C=O) groups excluding carboxylic acids is 1. The first-order valence-corrected chi connectivity index (χ1v) is 8.32. The first-order chi connectivity index (χ1) is 12.1. The molecule has 3 nitrogen and oxygen atoms in total. The molecule has 0 atom stereocenters. The third-order valence-electron chi connectivity index (χ3n) is 3.85. The number of hydrogen-bond donors (Lipinski definition) is 0. The van der Waals surface area contributed by atoms with Gasteiger partial charge in [0.25, 0.3) is 0 Å². The zero-order chi connectivity index (χ0) is 17.4. The Kier molecular flexibility index (Phi) is 4.04. The van der Waals surface area contributed by atoms with Crippen LogP contribution in [0.15, 0.2) is 71.1 Å². The van der Waals surface area contributed by atoms with Gasteiger partial charge in [-0.15, -0.1) is 0 Å². The van der Waals surface area contributed by atoms with Crippen molar-refractivity contribution in [2.45, 2.75) is 0 Å². The lowest BCUT2D eigenvalue weighted by molar-refractivity contribution is 0.103. The maximum absolute atomic E-state index is 12.6. The zero-order valence-corrected chi connectivity index (χ0v) is 14.4. The number of rotatable bonds is 3. The second-order valence-electron chi connectivity index (χ2n) is 5.54. The molecule has 0 spiro atoms. The number of hydrogen-bond acceptors (Lipinski definition) is 3. The number of carbonyl (C=O) groups is 1. The Labute approximate surface area is 153 Å². The summed E-state index contributed by atoms with van der Waals surface area (Å²) in [6.45, 7) is 0. The molecule has 0 fully saturated rings. The largest absolute Gasteiger partial charge is 0.436 e. The molecule has 1 aromatic heterocycles. The molecule has 5 heteroatoms. The monoisotopic (exact) mass is 367 g/mol. The van der Waals surface area contributed by atoms with Gasteiger partial charge in [-0.3, -0.25) is 4.79 Å². The third-order valence-corrected chi connectivity index (χ3v) is 4.35. The summed E-state index contributed by atoms with van der Waals surface area (Å²) in [4.78, 5) is 17.1. The van der Waals surface area contributed by atoms with Crippen LogP contribution in [-0.2, 0) is 0 Å². The number of ketones is 1. The maximum Gasteiger partial charge on any atom is 0.227 e. The Bertz CT molecular complexity index is 1070. The maximum atomic E-state index is 12.6. The predicted molar refractivity (Wildman–Crippen MR) is 99.3 cm³/mol. The molecule has 0 saturated carbocycles. The van der Waals surface area contributed by atoms with Crippen molar-refractivity contribution in [3.05, 3.63) is 87.9 Å². The number of fused-ring (bicyclic) bond motifs is 1. The van der Waals surface area contributed by atoms with Gasteiger partial charge in [0.05, 0.1) is 0 Å². The summed E-state index contributed by atoms with van der Waals surface area (Å²) in [5.41, 5.74) is 3.20. The van der Waals surface area contributed by atoms with Crippen LogP contribution in [-0.4, -0.2) is 10.8 Å². The summed E-state index contributed by atoms with van der Waals surface area (Å²) in [7, 11) is 0. The van der Waals surface area contributed by atoms with E-state index in [-0.39, 0.29) is 5.78 Å². The fourth-order valence-electron chi connectivity index (χ4n) is 2.55. The first kappa shape index (κ1) is 15.9. The molecule has 0 saturated heterocycles. The molecule has 4 aromatic rings. The SMILES string of the molecule is O=C(c1ccc(Cl)cc1)c1ccc2oc(-c3ccc(Cl)cc3)nc2c1. The molecular formula is C20H11Cl2NO2. The van der Waals surface area contributed by atoms with Crippen molar-refractivity contribution in [3.8, 4) is 11.5 Å². The van der Waals surface area contributed by atoms with Gasteiger partial charge in [0.15, 0.2) is 11.4 Å². The normalized spacial score (nSPS) is 11.0. The molecule has 0 bridgehead atoms. The highest BCUT2D eigenvalue weighted by Gasteiger charge is 2.13. The van der Waals surface area contributed by atoms with Crippen LogP contribution in [0.4, 0.5) is 0 Å². The molecule has 4 rings (SSSR count). The van der Waals surface area contributed by atoms with Crippen LogP contribution in [0.2, 0.25) is 10.0 Å². The Hall–Kier alpha value is -2.62. The Morgan fingerprint density at radius 3 is 2.08 bits per heavy atom. The van der Waals surface area contributed by atoms with Gasteiger partial charge in [-0.1, -0.05) is 23.2 Å². The van der Waals surface area contributed by atoms with E-state index in [2.05, 4.69) is 4.98 Å². The molecular weight excluding hydrogens is 357 g/mol. The van der Waals surface area contributed by atoms with Crippen LogP contribution < -0.4 is 0 Å². The van der Waals surface area contributed by atoms with E-state index in [0.717, 1.165) is 5.56 Å². The summed E-state index contributed by atoms with van der Waals surface area (Å²) < 4.78 is 5.77. The van der Waals surface area contributed by atoms with E-state index in [9.17, 15) is 4.79 Å². The molecule has 0 unspecified atom stereocenters. The number of benzene rings is 3.